The Morgan fingerprint density at radius 2 is 2.05 bits per heavy atom. The Kier molecular flexibility index (Phi) is 3.73. The molecular formula is C12H11BF3N2O-. The van der Waals surface area contributed by atoms with Gasteiger partial charge in [-0.2, -0.15) is 0 Å². The molecule has 2 rings (SSSR count). The van der Waals surface area contributed by atoms with Crippen LogP contribution in [0.5, 0.6) is 5.75 Å². The van der Waals surface area contributed by atoms with Crippen molar-refractivity contribution in [2.45, 2.75) is 13.5 Å². The average molecular weight is 267 g/mol. The van der Waals surface area contributed by atoms with Crippen molar-refractivity contribution in [1.82, 2.24) is 9.97 Å². The second-order valence-corrected chi connectivity index (χ2v) is 4.08. The molecule has 0 saturated carbocycles. The molecule has 2 aromatic heterocycles. The number of aryl methyl sites for hydroxylation is 1. The van der Waals surface area contributed by atoms with E-state index in [0.29, 0.717) is 5.69 Å². The van der Waals surface area contributed by atoms with Gasteiger partial charge in [0, 0.05) is 12.4 Å². The largest absolute Gasteiger partial charge is 0.511 e. The number of aromatic nitrogens is 2. The first kappa shape index (κ1) is 13.4. The zero-order valence-electron chi connectivity index (χ0n) is 10.2. The van der Waals surface area contributed by atoms with E-state index in [-0.39, 0.29) is 12.4 Å². The molecule has 0 amide bonds. The Morgan fingerprint density at radius 1 is 1.26 bits per heavy atom. The Labute approximate surface area is 108 Å². The molecule has 2 heterocycles. The summed E-state index contributed by atoms with van der Waals surface area (Å²) < 4.78 is 42.9. The molecule has 7 heteroatoms. The molecule has 0 atom stereocenters. The van der Waals surface area contributed by atoms with Crippen LogP contribution < -0.4 is 10.2 Å². The number of nitrogens with zero attached hydrogens (tertiary/aromatic N) is 2. The minimum atomic E-state index is -5.06. The van der Waals surface area contributed by atoms with E-state index in [1.165, 1.54) is 6.20 Å². The third kappa shape index (κ3) is 3.46. The first-order valence-corrected chi connectivity index (χ1v) is 5.65. The van der Waals surface area contributed by atoms with E-state index in [1.807, 2.05) is 13.0 Å². The third-order valence-corrected chi connectivity index (χ3v) is 2.61. The molecule has 0 aliphatic heterocycles. The van der Waals surface area contributed by atoms with Crippen LogP contribution in [0, 0.1) is 6.92 Å². The van der Waals surface area contributed by atoms with Gasteiger partial charge in [-0.15, -0.1) is 0 Å². The predicted molar refractivity (Wildman–Crippen MR) is 66.3 cm³/mol. The zero-order chi connectivity index (χ0) is 13.9. The molecule has 0 aromatic carbocycles. The van der Waals surface area contributed by atoms with E-state index >= 15 is 0 Å². The molecule has 2 aromatic rings. The minimum absolute atomic E-state index is 0.0850. The summed E-state index contributed by atoms with van der Waals surface area (Å²) in [5.74, 6) is 0.0850. The number of halogens is 3. The first-order chi connectivity index (χ1) is 8.97. The molecule has 3 nitrogen and oxygen atoms in total. The fraction of sp³-hybridized carbons (Fsp3) is 0.167. The van der Waals surface area contributed by atoms with Gasteiger partial charge in [-0.3, -0.25) is 9.97 Å². The lowest BCUT2D eigenvalue weighted by Crippen LogP contribution is -2.34. The van der Waals surface area contributed by atoms with Crippen molar-refractivity contribution < 1.29 is 17.7 Å². The third-order valence-electron chi connectivity index (χ3n) is 2.61. The highest BCUT2D eigenvalue weighted by molar-refractivity contribution is 6.73. The van der Waals surface area contributed by atoms with Crippen LogP contribution in [0.3, 0.4) is 0 Å². The number of hydrogen-bond donors (Lipinski definition) is 0. The fourth-order valence-electron chi connectivity index (χ4n) is 1.51. The summed E-state index contributed by atoms with van der Waals surface area (Å²) in [6.45, 7) is -3.09. The molecule has 0 spiro atoms. The van der Waals surface area contributed by atoms with Crippen molar-refractivity contribution in [3.63, 3.8) is 0 Å². The highest BCUT2D eigenvalue weighted by Gasteiger charge is 2.26. The highest BCUT2D eigenvalue weighted by Crippen LogP contribution is 2.14. The van der Waals surface area contributed by atoms with Gasteiger partial charge in [-0.1, -0.05) is 11.5 Å². The van der Waals surface area contributed by atoms with Gasteiger partial charge in [0.25, 0.3) is 0 Å². The standard InChI is InChI=1S/C12H11BF3N2O/c1-9-3-2-4-18-12(9)8-19-11-5-10(6-17-7-11)13(14,15)16/h2-7H,8H2,1H3/q-1. The molecule has 0 radical (unpaired) electrons. The fourth-order valence-corrected chi connectivity index (χ4v) is 1.51. The molecule has 0 bridgehead atoms. The number of rotatable bonds is 4. The van der Waals surface area contributed by atoms with Crippen LogP contribution >= 0.6 is 0 Å². The van der Waals surface area contributed by atoms with Crippen molar-refractivity contribution in [2.24, 2.45) is 0 Å². The SMILES string of the molecule is Cc1cccnc1COc1cncc([B-](F)(F)F)c1. The molecule has 0 fully saturated rings. The summed E-state index contributed by atoms with van der Waals surface area (Å²) in [6.07, 6.45) is 3.65. The van der Waals surface area contributed by atoms with Gasteiger partial charge in [0.05, 0.1) is 11.9 Å². The summed E-state index contributed by atoms with van der Waals surface area (Å²) in [5, 5.41) is 0. The van der Waals surface area contributed by atoms with Gasteiger partial charge < -0.3 is 17.7 Å². The quantitative estimate of drug-likeness (QED) is 0.798. The van der Waals surface area contributed by atoms with Gasteiger partial charge >= 0.3 is 6.98 Å². The lowest BCUT2D eigenvalue weighted by atomic mass is 9.81. The molecule has 0 saturated heterocycles. The summed E-state index contributed by atoms with van der Waals surface area (Å²) in [7, 11) is 0. The maximum Gasteiger partial charge on any atom is 0.511 e. The molecule has 0 aliphatic carbocycles. The monoisotopic (exact) mass is 267 g/mol. The Morgan fingerprint density at radius 3 is 2.74 bits per heavy atom. The first-order valence-electron chi connectivity index (χ1n) is 5.65. The van der Waals surface area contributed by atoms with Crippen LogP contribution in [0.1, 0.15) is 11.3 Å². The Bertz CT molecular complexity index is 575. The number of pyridine rings is 2. The maximum atomic E-state index is 12.5. The van der Waals surface area contributed by atoms with Crippen LogP contribution in [0.15, 0.2) is 36.8 Å². The molecule has 100 valence electrons. The van der Waals surface area contributed by atoms with E-state index in [4.69, 9.17) is 4.74 Å². The molecule has 0 aliphatic rings. The van der Waals surface area contributed by atoms with Crippen LogP contribution in [0.25, 0.3) is 0 Å². The van der Waals surface area contributed by atoms with Gasteiger partial charge in [0.2, 0.25) is 0 Å². The predicted octanol–water partition coefficient (Wildman–Crippen LogP) is 2.42. The van der Waals surface area contributed by atoms with Crippen LogP contribution in [-0.2, 0) is 6.61 Å². The van der Waals surface area contributed by atoms with Crippen molar-refractivity contribution >= 4 is 12.4 Å². The van der Waals surface area contributed by atoms with Crippen molar-refractivity contribution in [2.75, 3.05) is 0 Å². The van der Waals surface area contributed by atoms with Gasteiger partial charge in [0.15, 0.2) is 0 Å². The molecule has 0 unspecified atom stereocenters. The van der Waals surface area contributed by atoms with Gasteiger partial charge in [-0.05, 0) is 24.6 Å². The summed E-state index contributed by atoms with van der Waals surface area (Å²) >= 11 is 0. The topological polar surface area (TPSA) is 35.0 Å². The maximum absolute atomic E-state index is 12.5. The zero-order valence-corrected chi connectivity index (χ0v) is 10.2. The summed E-state index contributed by atoms with van der Waals surface area (Å²) in [4.78, 5) is 7.64. The molecular weight excluding hydrogens is 256 g/mol. The van der Waals surface area contributed by atoms with E-state index < -0.39 is 12.4 Å². The lowest BCUT2D eigenvalue weighted by Gasteiger charge is -2.15. The smallest absolute Gasteiger partial charge is 0.486 e. The van der Waals surface area contributed by atoms with E-state index in [1.54, 1.807) is 12.3 Å². The van der Waals surface area contributed by atoms with Crippen molar-refractivity contribution in [3.8, 4) is 5.75 Å². The van der Waals surface area contributed by atoms with Crippen LogP contribution in [-0.4, -0.2) is 16.9 Å². The number of ether oxygens (including phenoxy) is 1. The summed E-state index contributed by atoms with van der Waals surface area (Å²) in [5.41, 5.74) is 0.840. The molecule has 19 heavy (non-hydrogen) atoms. The number of hydrogen-bond acceptors (Lipinski definition) is 3. The molecule has 0 N–H and O–H groups in total. The van der Waals surface area contributed by atoms with Crippen molar-refractivity contribution in [1.29, 1.82) is 0 Å². The second-order valence-electron chi connectivity index (χ2n) is 4.08. The van der Waals surface area contributed by atoms with Crippen molar-refractivity contribution in [3.05, 3.63) is 48.0 Å². The minimum Gasteiger partial charge on any atom is -0.486 e. The van der Waals surface area contributed by atoms with E-state index in [9.17, 15) is 12.9 Å². The van der Waals surface area contributed by atoms with Crippen LogP contribution in [0.2, 0.25) is 0 Å². The van der Waals surface area contributed by atoms with Crippen LogP contribution in [0.4, 0.5) is 12.9 Å². The van der Waals surface area contributed by atoms with E-state index in [0.717, 1.165) is 17.8 Å². The highest BCUT2D eigenvalue weighted by atomic mass is 19.4. The Balaban J connectivity index is 2.10. The average Bonchev–Trinajstić information content (AvgIpc) is 2.37. The second kappa shape index (κ2) is 5.30. The van der Waals surface area contributed by atoms with Gasteiger partial charge in [0.1, 0.15) is 12.4 Å². The van der Waals surface area contributed by atoms with Gasteiger partial charge in [-0.25, -0.2) is 0 Å². The normalized spacial score (nSPS) is 11.4. The summed E-state index contributed by atoms with van der Waals surface area (Å²) in [6, 6.07) is 4.59. The van der Waals surface area contributed by atoms with E-state index in [2.05, 4.69) is 9.97 Å². The Hall–Kier alpha value is -2.05. The lowest BCUT2D eigenvalue weighted by molar-refractivity contribution is 0.299.